The highest BCUT2D eigenvalue weighted by molar-refractivity contribution is 7.90. The zero-order valence-corrected chi connectivity index (χ0v) is 22.0. The lowest BCUT2D eigenvalue weighted by Gasteiger charge is -2.31. The SMILES string of the molecule is CS(=O)(=O)c1cccc(Cn2c(=O)n(CCN3CCC(C(=O)c4ccc(F)cc4)CC3)c3ccccc32)c1. The summed E-state index contributed by atoms with van der Waals surface area (Å²) in [6, 6.07) is 20.0. The van der Waals surface area contributed by atoms with Gasteiger partial charge in [-0.25, -0.2) is 17.6 Å². The molecule has 0 atom stereocenters. The van der Waals surface area contributed by atoms with Crippen molar-refractivity contribution in [2.24, 2.45) is 5.92 Å². The Bertz CT molecular complexity index is 1630. The third kappa shape index (κ3) is 5.49. The molecule has 7 nitrogen and oxygen atoms in total. The second kappa shape index (κ2) is 10.7. The van der Waals surface area contributed by atoms with E-state index in [1.165, 1.54) is 18.4 Å². The number of para-hydroxylation sites is 2. The van der Waals surface area contributed by atoms with E-state index in [9.17, 15) is 22.4 Å². The lowest BCUT2D eigenvalue weighted by Crippen LogP contribution is -2.39. The minimum atomic E-state index is -3.35. The van der Waals surface area contributed by atoms with E-state index in [1.54, 1.807) is 39.5 Å². The maximum Gasteiger partial charge on any atom is 0.329 e. The summed E-state index contributed by atoms with van der Waals surface area (Å²) in [6.07, 6.45) is 2.62. The van der Waals surface area contributed by atoms with Crippen molar-refractivity contribution in [3.63, 3.8) is 0 Å². The quantitative estimate of drug-likeness (QED) is 0.319. The van der Waals surface area contributed by atoms with Gasteiger partial charge in [0.05, 0.1) is 22.5 Å². The Kier molecular flexibility index (Phi) is 7.32. The van der Waals surface area contributed by atoms with Crippen molar-refractivity contribution in [1.82, 2.24) is 14.0 Å². The number of carbonyl (C=O) groups is 1. The average molecular weight is 536 g/mol. The number of halogens is 1. The molecule has 9 heteroatoms. The standard InChI is InChI=1S/C29H30FN3O4S/c1-38(36,37)25-6-4-5-21(19-25)20-33-27-8-3-2-7-26(27)32(29(33)35)18-17-31-15-13-23(14-16-31)28(34)22-9-11-24(30)12-10-22/h2-12,19,23H,13-18,20H2,1H3. The summed E-state index contributed by atoms with van der Waals surface area (Å²) >= 11 is 0. The van der Waals surface area contributed by atoms with Gasteiger partial charge >= 0.3 is 5.69 Å². The van der Waals surface area contributed by atoms with Crippen LogP contribution in [-0.2, 0) is 22.9 Å². The zero-order valence-electron chi connectivity index (χ0n) is 21.2. The third-order valence-corrected chi connectivity index (χ3v) is 8.43. The number of nitrogens with zero attached hydrogens (tertiary/aromatic N) is 3. The van der Waals surface area contributed by atoms with Crippen LogP contribution in [0, 0.1) is 11.7 Å². The smallest absolute Gasteiger partial charge is 0.302 e. The van der Waals surface area contributed by atoms with Crippen molar-refractivity contribution in [3.05, 3.63) is 100 Å². The predicted octanol–water partition coefficient (Wildman–Crippen LogP) is 3.99. The van der Waals surface area contributed by atoms with Gasteiger partial charge in [-0.05, 0) is 80.0 Å². The fourth-order valence-electron chi connectivity index (χ4n) is 5.21. The number of hydrogen-bond acceptors (Lipinski definition) is 5. The number of aromatic nitrogens is 2. The number of Topliss-reactive ketones (excluding diaryl/α,β-unsaturated/α-hetero) is 1. The molecule has 2 heterocycles. The highest BCUT2D eigenvalue weighted by Gasteiger charge is 2.26. The molecule has 0 bridgehead atoms. The van der Waals surface area contributed by atoms with Gasteiger partial charge < -0.3 is 4.90 Å². The van der Waals surface area contributed by atoms with Gasteiger partial charge in [0.1, 0.15) is 5.82 Å². The summed E-state index contributed by atoms with van der Waals surface area (Å²) in [6.45, 7) is 2.96. The van der Waals surface area contributed by atoms with E-state index in [1.807, 2.05) is 30.3 Å². The normalized spacial score (nSPS) is 15.2. The summed E-state index contributed by atoms with van der Waals surface area (Å²) in [5, 5.41) is 0. The second-order valence-corrected chi connectivity index (χ2v) is 11.9. The Morgan fingerprint density at radius 3 is 2.21 bits per heavy atom. The fourth-order valence-corrected chi connectivity index (χ4v) is 5.90. The first-order chi connectivity index (χ1) is 18.2. The summed E-state index contributed by atoms with van der Waals surface area (Å²) in [5.74, 6) is -0.372. The van der Waals surface area contributed by atoms with Gasteiger partial charge in [-0.3, -0.25) is 13.9 Å². The molecule has 4 aromatic rings. The molecule has 5 rings (SSSR count). The predicted molar refractivity (Wildman–Crippen MR) is 145 cm³/mol. The van der Waals surface area contributed by atoms with Crippen LogP contribution in [0.15, 0.2) is 82.5 Å². The Morgan fingerprint density at radius 1 is 0.895 bits per heavy atom. The van der Waals surface area contributed by atoms with E-state index in [2.05, 4.69) is 4.90 Å². The molecule has 1 aliphatic heterocycles. The average Bonchev–Trinajstić information content (AvgIpc) is 3.18. The highest BCUT2D eigenvalue weighted by atomic mass is 32.2. The molecule has 1 saturated heterocycles. The highest BCUT2D eigenvalue weighted by Crippen LogP contribution is 2.23. The minimum Gasteiger partial charge on any atom is -0.302 e. The topological polar surface area (TPSA) is 81.4 Å². The van der Waals surface area contributed by atoms with Gasteiger partial charge in [0.25, 0.3) is 0 Å². The molecule has 0 spiro atoms. The first-order valence-corrected chi connectivity index (χ1v) is 14.6. The second-order valence-electron chi connectivity index (χ2n) is 9.92. The van der Waals surface area contributed by atoms with Crippen molar-refractivity contribution < 1.29 is 17.6 Å². The van der Waals surface area contributed by atoms with Crippen LogP contribution in [0.2, 0.25) is 0 Å². The Morgan fingerprint density at radius 2 is 1.55 bits per heavy atom. The first kappa shape index (κ1) is 26.1. The van der Waals surface area contributed by atoms with Gasteiger partial charge in [-0.15, -0.1) is 0 Å². The number of likely N-dealkylation sites (tertiary alicyclic amines) is 1. The molecular weight excluding hydrogens is 505 g/mol. The van der Waals surface area contributed by atoms with E-state index in [-0.39, 0.29) is 34.6 Å². The third-order valence-electron chi connectivity index (χ3n) is 7.32. The van der Waals surface area contributed by atoms with Crippen molar-refractivity contribution in [2.75, 3.05) is 25.9 Å². The monoisotopic (exact) mass is 535 g/mol. The lowest BCUT2D eigenvalue weighted by molar-refractivity contribution is 0.0837. The fraction of sp³-hybridized carbons (Fsp3) is 0.310. The van der Waals surface area contributed by atoms with Crippen LogP contribution < -0.4 is 5.69 Å². The molecule has 198 valence electrons. The van der Waals surface area contributed by atoms with Crippen molar-refractivity contribution in [1.29, 1.82) is 0 Å². The molecule has 0 aliphatic carbocycles. The minimum absolute atomic E-state index is 0.0592. The maximum atomic E-state index is 13.5. The molecule has 0 saturated carbocycles. The number of ketones is 1. The van der Waals surface area contributed by atoms with Crippen molar-refractivity contribution in [3.8, 4) is 0 Å². The van der Waals surface area contributed by atoms with Crippen molar-refractivity contribution >= 4 is 26.7 Å². The van der Waals surface area contributed by atoms with Gasteiger partial charge in [-0.1, -0.05) is 24.3 Å². The molecule has 1 fully saturated rings. The summed E-state index contributed by atoms with van der Waals surface area (Å²) in [5.41, 5.74) is 2.78. The zero-order chi connectivity index (χ0) is 26.9. The lowest BCUT2D eigenvalue weighted by atomic mass is 9.89. The van der Waals surface area contributed by atoms with E-state index in [0.29, 0.717) is 18.7 Å². The molecule has 0 unspecified atom stereocenters. The van der Waals surface area contributed by atoms with Crippen LogP contribution in [0.4, 0.5) is 4.39 Å². The first-order valence-electron chi connectivity index (χ1n) is 12.7. The van der Waals surface area contributed by atoms with E-state index < -0.39 is 9.84 Å². The van der Waals surface area contributed by atoms with E-state index in [0.717, 1.165) is 42.5 Å². The van der Waals surface area contributed by atoms with Crippen molar-refractivity contribution in [2.45, 2.75) is 30.8 Å². The van der Waals surface area contributed by atoms with Crippen LogP contribution in [0.3, 0.4) is 0 Å². The van der Waals surface area contributed by atoms with Crippen LogP contribution in [0.25, 0.3) is 11.0 Å². The van der Waals surface area contributed by atoms with Crippen LogP contribution in [-0.4, -0.2) is 54.1 Å². The maximum absolute atomic E-state index is 13.5. The summed E-state index contributed by atoms with van der Waals surface area (Å²) < 4.78 is 40.6. The number of carbonyl (C=O) groups excluding carboxylic acids is 1. The molecule has 0 radical (unpaired) electrons. The Hall–Kier alpha value is -3.56. The van der Waals surface area contributed by atoms with Crippen LogP contribution in [0.5, 0.6) is 0 Å². The molecule has 1 aliphatic rings. The summed E-state index contributed by atoms with van der Waals surface area (Å²) in [4.78, 5) is 28.8. The molecule has 38 heavy (non-hydrogen) atoms. The van der Waals surface area contributed by atoms with Crippen LogP contribution in [0.1, 0.15) is 28.8 Å². The Labute approximate surface area is 221 Å². The van der Waals surface area contributed by atoms with E-state index in [4.69, 9.17) is 0 Å². The van der Waals surface area contributed by atoms with E-state index >= 15 is 0 Å². The molecule has 3 aromatic carbocycles. The van der Waals surface area contributed by atoms with Gasteiger partial charge in [0.15, 0.2) is 15.6 Å². The van der Waals surface area contributed by atoms with Gasteiger partial charge in [0, 0.05) is 30.8 Å². The molecule has 0 N–H and O–H groups in total. The number of fused-ring (bicyclic) bond motifs is 1. The summed E-state index contributed by atoms with van der Waals surface area (Å²) in [7, 11) is -3.35. The number of benzene rings is 3. The molecule has 0 amide bonds. The number of hydrogen-bond donors (Lipinski definition) is 0. The number of rotatable bonds is 8. The number of imidazole rings is 1. The Balaban J connectivity index is 1.28. The largest absolute Gasteiger partial charge is 0.329 e. The number of piperidine rings is 1. The number of sulfone groups is 1. The van der Waals surface area contributed by atoms with Gasteiger partial charge in [-0.2, -0.15) is 0 Å². The molecular formula is C29H30FN3O4S. The van der Waals surface area contributed by atoms with Gasteiger partial charge in [0.2, 0.25) is 0 Å². The van der Waals surface area contributed by atoms with Crippen LogP contribution >= 0.6 is 0 Å². The molecule has 1 aromatic heterocycles.